The third-order valence-corrected chi connectivity index (χ3v) is 4.68. The molecular weight excluding hydrogens is 296 g/mol. The quantitative estimate of drug-likeness (QED) is 0.744. The molecule has 0 saturated carbocycles. The van der Waals surface area contributed by atoms with Crippen LogP contribution < -0.4 is 4.74 Å². The second kappa shape index (κ2) is 7.39. The summed E-state index contributed by atoms with van der Waals surface area (Å²) in [6.07, 6.45) is 0. The van der Waals surface area contributed by atoms with Crippen LogP contribution in [0.1, 0.15) is 0 Å². The van der Waals surface area contributed by atoms with Gasteiger partial charge >= 0.3 is 5.97 Å². The SMILES string of the molecule is COc1ccccc1S(=O)(=O)N(CCN(C)C)CC(=O)O. The number of ether oxygens (including phenoxy) is 1. The van der Waals surface area contributed by atoms with Gasteiger partial charge in [-0.3, -0.25) is 4.79 Å². The molecule has 8 heteroatoms. The van der Waals surface area contributed by atoms with Crippen LogP contribution in [0, 0.1) is 0 Å². The highest BCUT2D eigenvalue weighted by Crippen LogP contribution is 2.26. The summed E-state index contributed by atoms with van der Waals surface area (Å²) in [7, 11) is 1.01. The molecular formula is C13H20N2O5S. The van der Waals surface area contributed by atoms with Crippen molar-refractivity contribution >= 4 is 16.0 Å². The number of carbonyl (C=O) groups is 1. The van der Waals surface area contributed by atoms with Crippen LogP contribution in [0.4, 0.5) is 0 Å². The molecule has 7 nitrogen and oxygen atoms in total. The number of hydrogen-bond acceptors (Lipinski definition) is 5. The lowest BCUT2D eigenvalue weighted by Gasteiger charge is -2.23. The Morgan fingerprint density at radius 2 is 1.86 bits per heavy atom. The molecule has 0 aliphatic heterocycles. The van der Waals surface area contributed by atoms with Gasteiger partial charge in [-0.2, -0.15) is 4.31 Å². The molecule has 118 valence electrons. The second-order valence-corrected chi connectivity index (χ2v) is 6.59. The minimum absolute atomic E-state index is 0.0347. The minimum atomic E-state index is -3.93. The number of nitrogens with zero attached hydrogens (tertiary/aromatic N) is 2. The Labute approximate surface area is 124 Å². The van der Waals surface area contributed by atoms with Gasteiger partial charge in [0.1, 0.15) is 17.2 Å². The Morgan fingerprint density at radius 3 is 2.38 bits per heavy atom. The van der Waals surface area contributed by atoms with Crippen LogP contribution in [0.2, 0.25) is 0 Å². The lowest BCUT2D eigenvalue weighted by atomic mass is 10.3. The summed E-state index contributed by atoms with van der Waals surface area (Å²) in [6, 6.07) is 6.15. The summed E-state index contributed by atoms with van der Waals surface area (Å²) in [4.78, 5) is 12.7. The van der Waals surface area contributed by atoms with Gasteiger partial charge in [-0.25, -0.2) is 8.42 Å². The van der Waals surface area contributed by atoms with Crippen LogP contribution >= 0.6 is 0 Å². The number of carboxylic acid groups (broad SMARTS) is 1. The molecule has 0 saturated heterocycles. The fraction of sp³-hybridized carbons (Fsp3) is 0.462. The predicted molar refractivity (Wildman–Crippen MR) is 77.9 cm³/mol. The molecule has 0 unspecified atom stereocenters. The van der Waals surface area contributed by atoms with E-state index in [-0.39, 0.29) is 17.2 Å². The van der Waals surface area contributed by atoms with Crippen molar-refractivity contribution in [1.29, 1.82) is 0 Å². The number of methoxy groups -OCH3 is 1. The monoisotopic (exact) mass is 316 g/mol. The Kier molecular flexibility index (Phi) is 6.13. The maximum atomic E-state index is 12.6. The molecule has 0 atom stereocenters. The van der Waals surface area contributed by atoms with Crippen molar-refractivity contribution in [2.45, 2.75) is 4.90 Å². The first-order chi connectivity index (χ1) is 9.78. The molecule has 0 aliphatic rings. The lowest BCUT2D eigenvalue weighted by molar-refractivity contribution is -0.137. The van der Waals surface area contributed by atoms with Crippen LogP contribution in [0.3, 0.4) is 0 Å². The Balaban J connectivity index is 3.16. The maximum absolute atomic E-state index is 12.6. The van der Waals surface area contributed by atoms with E-state index < -0.39 is 22.5 Å². The number of likely N-dealkylation sites (N-methyl/N-ethyl adjacent to an activating group) is 1. The molecule has 0 spiro atoms. The van der Waals surface area contributed by atoms with E-state index in [1.165, 1.54) is 19.2 Å². The van der Waals surface area contributed by atoms with E-state index in [0.717, 1.165) is 4.31 Å². The molecule has 1 aromatic rings. The highest BCUT2D eigenvalue weighted by atomic mass is 32.2. The van der Waals surface area contributed by atoms with E-state index in [1.54, 1.807) is 31.1 Å². The number of para-hydroxylation sites is 1. The Morgan fingerprint density at radius 1 is 1.24 bits per heavy atom. The molecule has 1 aromatic carbocycles. The van der Waals surface area contributed by atoms with Gasteiger partial charge in [0.05, 0.1) is 7.11 Å². The van der Waals surface area contributed by atoms with E-state index >= 15 is 0 Å². The van der Waals surface area contributed by atoms with Crippen molar-refractivity contribution in [2.75, 3.05) is 40.8 Å². The number of carboxylic acids is 1. The molecule has 0 aliphatic carbocycles. The second-order valence-electron chi connectivity index (χ2n) is 4.69. The molecule has 0 heterocycles. The van der Waals surface area contributed by atoms with Crippen LogP contribution in [-0.4, -0.2) is 69.5 Å². The third kappa shape index (κ3) is 4.69. The summed E-state index contributed by atoms with van der Waals surface area (Å²) in [5.74, 6) is -1.01. The van der Waals surface area contributed by atoms with Gasteiger partial charge in [-0.05, 0) is 26.2 Å². The van der Waals surface area contributed by atoms with Crippen LogP contribution in [-0.2, 0) is 14.8 Å². The molecule has 0 amide bonds. The number of sulfonamides is 1. The number of aliphatic carboxylic acids is 1. The van der Waals surface area contributed by atoms with Crippen molar-refractivity contribution in [3.05, 3.63) is 24.3 Å². The maximum Gasteiger partial charge on any atom is 0.318 e. The predicted octanol–water partition coefficient (Wildman–Crippen LogP) is 0.332. The highest BCUT2D eigenvalue weighted by molar-refractivity contribution is 7.89. The number of rotatable bonds is 8. The summed E-state index contributed by atoms with van der Waals surface area (Å²) in [5.41, 5.74) is 0. The van der Waals surface area contributed by atoms with Crippen LogP contribution in [0.15, 0.2) is 29.2 Å². The summed E-state index contributed by atoms with van der Waals surface area (Å²) >= 11 is 0. The van der Waals surface area contributed by atoms with Crippen LogP contribution in [0.5, 0.6) is 5.75 Å². The largest absolute Gasteiger partial charge is 0.495 e. The fourth-order valence-corrected chi connectivity index (χ4v) is 3.25. The summed E-state index contributed by atoms with van der Waals surface area (Å²) in [5, 5.41) is 8.93. The normalized spacial score (nSPS) is 11.9. The van der Waals surface area contributed by atoms with Gasteiger partial charge in [0.25, 0.3) is 0 Å². The van der Waals surface area contributed by atoms with Crippen LogP contribution in [0.25, 0.3) is 0 Å². The molecule has 0 radical (unpaired) electrons. The first-order valence-corrected chi connectivity index (χ1v) is 7.72. The highest BCUT2D eigenvalue weighted by Gasteiger charge is 2.29. The van der Waals surface area contributed by atoms with Gasteiger partial charge in [-0.1, -0.05) is 12.1 Å². The molecule has 1 N–H and O–H groups in total. The van der Waals surface area contributed by atoms with Crippen molar-refractivity contribution < 1.29 is 23.1 Å². The van der Waals surface area contributed by atoms with Gasteiger partial charge in [0, 0.05) is 13.1 Å². The van der Waals surface area contributed by atoms with E-state index in [4.69, 9.17) is 9.84 Å². The fourth-order valence-electron chi connectivity index (χ4n) is 1.72. The van der Waals surface area contributed by atoms with Gasteiger partial charge in [0.15, 0.2) is 0 Å². The van der Waals surface area contributed by atoms with E-state index in [2.05, 4.69) is 0 Å². The Bertz CT molecular complexity index is 586. The average Bonchev–Trinajstić information content (AvgIpc) is 2.42. The van der Waals surface area contributed by atoms with Crippen molar-refractivity contribution in [3.63, 3.8) is 0 Å². The van der Waals surface area contributed by atoms with E-state index in [1.807, 2.05) is 0 Å². The molecule has 1 rings (SSSR count). The van der Waals surface area contributed by atoms with Gasteiger partial charge < -0.3 is 14.7 Å². The van der Waals surface area contributed by atoms with Crippen molar-refractivity contribution in [3.8, 4) is 5.75 Å². The summed E-state index contributed by atoms with van der Waals surface area (Å²) < 4.78 is 31.2. The first-order valence-electron chi connectivity index (χ1n) is 6.28. The molecule has 0 aromatic heterocycles. The molecule has 21 heavy (non-hydrogen) atoms. The number of benzene rings is 1. The van der Waals surface area contributed by atoms with Crippen molar-refractivity contribution in [1.82, 2.24) is 9.21 Å². The third-order valence-electron chi connectivity index (χ3n) is 2.80. The first kappa shape index (κ1) is 17.4. The smallest absolute Gasteiger partial charge is 0.318 e. The minimum Gasteiger partial charge on any atom is -0.495 e. The van der Waals surface area contributed by atoms with E-state index in [9.17, 15) is 13.2 Å². The molecule has 0 bridgehead atoms. The Hall–Kier alpha value is -1.64. The van der Waals surface area contributed by atoms with Crippen molar-refractivity contribution in [2.24, 2.45) is 0 Å². The zero-order chi connectivity index (χ0) is 16.0. The van der Waals surface area contributed by atoms with Gasteiger partial charge in [-0.15, -0.1) is 0 Å². The van der Waals surface area contributed by atoms with Gasteiger partial charge in [0.2, 0.25) is 10.0 Å². The molecule has 0 fully saturated rings. The summed E-state index contributed by atoms with van der Waals surface area (Å²) in [6.45, 7) is -0.0877. The standard InChI is InChI=1S/C13H20N2O5S/c1-14(2)8-9-15(10-13(16)17)21(18,19)12-7-5-4-6-11(12)20-3/h4-7H,8-10H2,1-3H3,(H,16,17). The zero-order valence-electron chi connectivity index (χ0n) is 12.3. The van der Waals surface area contributed by atoms with E-state index in [0.29, 0.717) is 6.54 Å². The zero-order valence-corrected chi connectivity index (χ0v) is 13.1. The average molecular weight is 316 g/mol. The lowest BCUT2D eigenvalue weighted by Crippen LogP contribution is -2.40. The topological polar surface area (TPSA) is 87.2 Å². The number of hydrogen-bond donors (Lipinski definition) is 1.